The average Bonchev–Trinajstić information content (AvgIpc) is 2.99. The minimum absolute atomic E-state index is 0.200. The van der Waals surface area contributed by atoms with E-state index in [1.165, 1.54) is 12.5 Å². The summed E-state index contributed by atoms with van der Waals surface area (Å²) < 4.78 is 42.3. The Morgan fingerprint density at radius 3 is 2.86 bits per heavy atom. The zero-order valence-electron chi connectivity index (χ0n) is 11.5. The van der Waals surface area contributed by atoms with E-state index in [-0.39, 0.29) is 11.7 Å². The van der Waals surface area contributed by atoms with Crippen molar-refractivity contribution in [2.75, 3.05) is 24.1 Å². The first-order chi connectivity index (χ1) is 10.0. The predicted octanol–water partition coefficient (Wildman–Crippen LogP) is 2.66. The van der Waals surface area contributed by atoms with Gasteiger partial charge in [-0.25, -0.2) is 4.39 Å². The van der Waals surface area contributed by atoms with Gasteiger partial charge >= 0.3 is 6.61 Å². The fourth-order valence-corrected chi connectivity index (χ4v) is 3.33. The van der Waals surface area contributed by atoms with E-state index >= 15 is 0 Å². The summed E-state index contributed by atoms with van der Waals surface area (Å²) in [5.41, 5.74) is 6.43. The lowest BCUT2D eigenvalue weighted by Gasteiger charge is -2.23. The first-order valence-electron chi connectivity index (χ1n) is 7.09. The number of hydrogen-bond donors (Lipinski definition) is 2. The van der Waals surface area contributed by atoms with Crippen LogP contribution >= 0.6 is 0 Å². The van der Waals surface area contributed by atoms with E-state index in [4.69, 9.17) is 5.73 Å². The highest BCUT2D eigenvalue weighted by molar-refractivity contribution is 5.69. The largest absolute Gasteiger partial charge is 0.432 e. The van der Waals surface area contributed by atoms with Gasteiger partial charge in [-0.05, 0) is 25.8 Å². The van der Waals surface area contributed by atoms with E-state index in [0.717, 1.165) is 32.0 Å². The summed E-state index contributed by atoms with van der Waals surface area (Å²) >= 11 is 0. The molecular formula is C14H18F3N3O. The number of hydrogen-bond acceptors (Lipinski definition) is 4. The molecular weight excluding hydrogens is 283 g/mol. The van der Waals surface area contributed by atoms with Crippen molar-refractivity contribution >= 4 is 11.4 Å². The predicted molar refractivity (Wildman–Crippen MR) is 74.1 cm³/mol. The molecule has 3 rings (SSSR count). The Kier molecular flexibility index (Phi) is 3.84. The zero-order chi connectivity index (χ0) is 15.0. The summed E-state index contributed by atoms with van der Waals surface area (Å²) in [6.45, 7) is -0.946. The Morgan fingerprint density at radius 1 is 1.29 bits per heavy atom. The number of nitrogens with zero attached hydrogens (tertiary/aromatic N) is 1. The maximum Gasteiger partial charge on any atom is 0.387 e. The molecule has 2 heterocycles. The Hall–Kier alpha value is -1.63. The van der Waals surface area contributed by atoms with Gasteiger partial charge in [0.2, 0.25) is 0 Å². The number of benzene rings is 1. The lowest BCUT2D eigenvalue weighted by Crippen LogP contribution is -2.34. The summed E-state index contributed by atoms with van der Waals surface area (Å²) in [5.74, 6) is -1.37. The van der Waals surface area contributed by atoms with Crippen LogP contribution in [0.3, 0.4) is 0 Å². The molecule has 0 aromatic heterocycles. The molecule has 0 radical (unpaired) electrons. The molecule has 2 unspecified atom stereocenters. The molecule has 0 amide bonds. The molecule has 0 saturated carbocycles. The topological polar surface area (TPSA) is 50.5 Å². The van der Waals surface area contributed by atoms with Gasteiger partial charge in [-0.3, -0.25) is 4.90 Å². The van der Waals surface area contributed by atoms with Crippen molar-refractivity contribution in [2.45, 2.75) is 38.0 Å². The van der Waals surface area contributed by atoms with Crippen LogP contribution in [0.2, 0.25) is 0 Å². The summed E-state index contributed by atoms with van der Waals surface area (Å²) in [5, 5.41) is 3.26. The Labute approximate surface area is 121 Å². The van der Waals surface area contributed by atoms with Gasteiger partial charge in [0.1, 0.15) is 0 Å². The highest BCUT2D eigenvalue weighted by atomic mass is 19.3. The van der Waals surface area contributed by atoms with Gasteiger partial charge in [0.25, 0.3) is 0 Å². The SMILES string of the molecule is Nc1cc(F)c(OC(F)F)cc1NC1CCN2CCCC12. The second-order valence-corrected chi connectivity index (χ2v) is 5.53. The normalized spacial score (nSPS) is 25.3. The van der Waals surface area contributed by atoms with E-state index < -0.39 is 18.2 Å². The summed E-state index contributed by atoms with van der Waals surface area (Å²) in [4.78, 5) is 2.41. The average molecular weight is 301 g/mol. The number of nitrogens with one attached hydrogen (secondary N) is 1. The number of nitrogens with two attached hydrogens (primary N) is 1. The van der Waals surface area contributed by atoms with Gasteiger partial charge < -0.3 is 15.8 Å². The molecule has 1 aromatic rings. The van der Waals surface area contributed by atoms with Crippen LogP contribution in [0.4, 0.5) is 24.5 Å². The van der Waals surface area contributed by atoms with Crippen molar-refractivity contribution in [2.24, 2.45) is 0 Å². The fraction of sp³-hybridized carbons (Fsp3) is 0.571. The van der Waals surface area contributed by atoms with Crippen molar-refractivity contribution < 1.29 is 17.9 Å². The van der Waals surface area contributed by atoms with Crippen LogP contribution in [0.5, 0.6) is 5.75 Å². The number of ether oxygens (including phenoxy) is 1. The first kappa shape index (κ1) is 14.3. The van der Waals surface area contributed by atoms with Gasteiger partial charge in [-0.1, -0.05) is 0 Å². The maximum absolute atomic E-state index is 13.5. The van der Waals surface area contributed by atoms with Crippen molar-refractivity contribution in [1.82, 2.24) is 4.90 Å². The first-order valence-corrected chi connectivity index (χ1v) is 7.09. The minimum Gasteiger partial charge on any atom is -0.432 e. The second kappa shape index (κ2) is 5.63. The molecule has 0 aliphatic carbocycles. The number of nitrogen functional groups attached to an aromatic ring is 1. The molecule has 3 N–H and O–H groups in total. The third-order valence-electron chi connectivity index (χ3n) is 4.27. The number of fused-ring (bicyclic) bond motifs is 1. The quantitative estimate of drug-likeness (QED) is 0.840. The van der Waals surface area contributed by atoms with Crippen molar-refractivity contribution in [3.8, 4) is 5.75 Å². The highest BCUT2D eigenvalue weighted by Crippen LogP contribution is 2.34. The zero-order valence-corrected chi connectivity index (χ0v) is 11.5. The van der Waals surface area contributed by atoms with E-state index in [9.17, 15) is 13.2 Å². The maximum atomic E-state index is 13.5. The molecule has 2 fully saturated rings. The molecule has 4 nitrogen and oxygen atoms in total. The van der Waals surface area contributed by atoms with Crippen LogP contribution in [0, 0.1) is 5.82 Å². The van der Waals surface area contributed by atoms with Crippen LogP contribution < -0.4 is 15.8 Å². The smallest absolute Gasteiger partial charge is 0.387 e. The monoisotopic (exact) mass is 301 g/mol. The summed E-state index contributed by atoms with van der Waals surface area (Å²) in [6, 6.07) is 2.88. The van der Waals surface area contributed by atoms with Gasteiger partial charge in [0, 0.05) is 30.8 Å². The molecule has 21 heavy (non-hydrogen) atoms. The summed E-state index contributed by atoms with van der Waals surface area (Å²) in [6.07, 6.45) is 3.24. The lowest BCUT2D eigenvalue weighted by atomic mass is 10.1. The van der Waals surface area contributed by atoms with E-state index in [1.807, 2.05) is 0 Å². The number of halogens is 3. The molecule has 116 valence electrons. The second-order valence-electron chi connectivity index (χ2n) is 5.53. The molecule has 1 aromatic carbocycles. The van der Waals surface area contributed by atoms with E-state index in [2.05, 4.69) is 15.0 Å². The minimum atomic E-state index is -3.06. The van der Waals surface area contributed by atoms with Crippen molar-refractivity contribution in [1.29, 1.82) is 0 Å². The van der Waals surface area contributed by atoms with Gasteiger partial charge in [-0.15, -0.1) is 0 Å². The molecule has 0 bridgehead atoms. The molecule has 2 saturated heterocycles. The van der Waals surface area contributed by atoms with E-state index in [0.29, 0.717) is 11.7 Å². The van der Waals surface area contributed by atoms with Crippen LogP contribution in [-0.2, 0) is 0 Å². The third kappa shape index (κ3) is 2.88. The highest BCUT2D eigenvalue weighted by Gasteiger charge is 2.37. The van der Waals surface area contributed by atoms with Crippen LogP contribution in [0.15, 0.2) is 12.1 Å². The van der Waals surface area contributed by atoms with E-state index in [1.54, 1.807) is 0 Å². The molecule has 2 atom stereocenters. The molecule has 0 spiro atoms. The Bertz CT molecular complexity index is 526. The Balaban J connectivity index is 1.78. The number of alkyl halides is 2. The van der Waals surface area contributed by atoms with Crippen LogP contribution in [-0.4, -0.2) is 36.7 Å². The standard InChI is InChI=1S/C14H18F3N3O/c15-8-6-9(18)11(7-13(8)21-14(16)17)19-10-3-5-20-4-1-2-12(10)20/h6-7,10,12,14,19H,1-5,18H2. The van der Waals surface area contributed by atoms with Gasteiger partial charge in [0.15, 0.2) is 11.6 Å². The Morgan fingerprint density at radius 2 is 2.10 bits per heavy atom. The molecule has 7 heteroatoms. The summed E-state index contributed by atoms with van der Waals surface area (Å²) in [7, 11) is 0. The van der Waals surface area contributed by atoms with Crippen LogP contribution in [0.25, 0.3) is 0 Å². The number of rotatable bonds is 4. The molecule has 2 aliphatic heterocycles. The van der Waals surface area contributed by atoms with Gasteiger partial charge in [0.05, 0.1) is 11.4 Å². The van der Waals surface area contributed by atoms with Gasteiger partial charge in [-0.2, -0.15) is 8.78 Å². The molecule has 2 aliphatic rings. The van der Waals surface area contributed by atoms with Crippen molar-refractivity contribution in [3.05, 3.63) is 17.9 Å². The lowest BCUT2D eigenvalue weighted by molar-refractivity contribution is -0.0521. The number of anilines is 2. The third-order valence-corrected chi connectivity index (χ3v) is 4.27. The fourth-order valence-electron chi connectivity index (χ4n) is 3.33. The van der Waals surface area contributed by atoms with Crippen LogP contribution in [0.1, 0.15) is 19.3 Å². The van der Waals surface area contributed by atoms with Crippen molar-refractivity contribution in [3.63, 3.8) is 0 Å².